The largest absolute Gasteiger partial charge is 0.456 e. The highest BCUT2D eigenvalue weighted by Gasteiger charge is 2.07. The second-order valence-corrected chi connectivity index (χ2v) is 4.04. The Hall–Kier alpha value is -2.82. The highest BCUT2D eigenvalue weighted by atomic mass is 16.4. The van der Waals surface area contributed by atoms with E-state index in [1.54, 1.807) is 12.1 Å². The summed E-state index contributed by atoms with van der Waals surface area (Å²) in [5, 5.41) is 15.5. The van der Waals surface area contributed by atoms with Gasteiger partial charge in [-0.1, -0.05) is 23.4 Å². The predicted octanol–water partition coefficient (Wildman–Crippen LogP) is 2.98. The van der Waals surface area contributed by atoms with Crippen molar-refractivity contribution in [2.75, 3.05) is 5.32 Å². The van der Waals surface area contributed by atoms with Crippen molar-refractivity contribution in [3.05, 3.63) is 42.5 Å². The molecule has 3 rings (SSSR count). The number of fused-ring (bicyclic) bond motifs is 3. The molecule has 1 amide bonds. The maximum atomic E-state index is 11.3. The van der Waals surface area contributed by atoms with Gasteiger partial charge in [-0.25, -0.2) is 0 Å². The van der Waals surface area contributed by atoms with Gasteiger partial charge in [-0.3, -0.25) is 4.79 Å². The molecule has 0 bridgehead atoms. The SMILES string of the molecule is O=C(/C=N/O)Nc1ccc2oc3ccccc3c2c1. The van der Waals surface area contributed by atoms with E-state index in [0.717, 1.165) is 28.2 Å². The molecule has 1 heterocycles. The lowest BCUT2D eigenvalue weighted by Crippen LogP contribution is -2.12. The van der Waals surface area contributed by atoms with Gasteiger partial charge in [0.25, 0.3) is 5.91 Å². The number of amides is 1. The molecule has 0 aliphatic carbocycles. The number of para-hydroxylation sites is 1. The van der Waals surface area contributed by atoms with Crippen molar-refractivity contribution in [1.29, 1.82) is 0 Å². The molecule has 0 radical (unpaired) electrons. The standard InChI is InChI=1S/C14H10N2O3/c17-14(8-15-18)16-9-5-6-13-11(7-9)10-3-1-2-4-12(10)19-13/h1-8,18H,(H,16,17)/b15-8+. The molecule has 3 aromatic rings. The summed E-state index contributed by atoms with van der Waals surface area (Å²) in [6, 6.07) is 13.0. The second-order valence-electron chi connectivity index (χ2n) is 4.04. The Morgan fingerprint density at radius 1 is 1.16 bits per heavy atom. The predicted molar refractivity (Wildman–Crippen MR) is 72.6 cm³/mol. The van der Waals surface area contributed by atoms with Crippen LogP contribution in [0.2, 0.25) is 0 Å². The minimum absolute atomic E-state index is 0.491. The number of anilines is 1. The minimum atomic E-state index is -0.491. The van der Waals surface area contributed by atoms with E-state index in [1.807, 2.05) is 30.3 Å². The first kappa shape index (κ1) is 11.3. The van der Waals surface area contributed by atoms with Crippen molar-refractivity contribution in [3.8, 4) is 0 Å². The fourth-order valence-corrected chi connectivity index (χ4v) is 2.03. The van der Waals surface area contributed by atoms with Crippen LogP contribution in [0.15, 0.2) is 52.0 Å². The lowest BCUT2D eigenvalue weighted by Gasteiger charge is -2.00. The fourth-order valence-electron chi connectivity index (χ4n) is 2.03. The summed E-state index contributed by atoms with van der Waals surface area (Å²) >= 11 is 0. The van der Waals surface area contributed by atoms with Crippen molar-refractivity contribution in [3.63, 3.8) is 0 Å². The van der Waals surface area contributed by atoms with Crippen LogP contribution < -0.4 is 5.32 Å². The van der Waals surface area contributed by atoms with Gasteiger partial charge in [0.05, 0.1) is 0 Å². The van der Waals surface area contributed by atoms with Crippen LogP contribution in [0.1, 0.15) is 0 Å². The molecule has 0 saturated heterocycles. The molecule has 5 heteroatoms. The van der Waals surface area contributed by atoms with E-state index < -0.39 is 5.91 Å². The number of nitrogens with zero attached hydrogens (tertiary/aromatic N) is 1. The van der Waals surface area contributed by atoms with Crippen molar-refractivity contribution < 1.29 is 14.4 Å². The van der Waals surface area contributed by atoms with Crippen LogP contribution in [0.25, 0.3) is 21.9 Å². The van der Waals surface area contributed by atoms with Crippen LogP contribution in [0, 0.1) is 0 Å². The first-order valence-corrected chi connectivity index (χ1v) is 5.67. The van der Waals surface area contributed by atoms with Gasteiger partial charge in [-0.05, 0) is 24.3 Å². The summed E-state index contributed by atoms with van der Waals surface area (Å²) in [5.74, 6) is -0.491. The molecule has 2 aromatic carbocycles. The number of carbonyl (C=O) groups excluding carboxylic acids is 1. The average molecular weight is 254 g/mol. The summed E-state index contributed by atoms with van der Waals surface area (Å²) in [4.78, 5) is 11.3. The number of benzene rings is 2. The minimum Gasteiger partial charge on any atom is -0.456 e. The maximum absolute atomic E-state index is 11.3. The van der Waals surface area contributed by atoms with E-state index in [-0.39, 0.29) is 0 Å². The second kappa shape index (κ2) is 4.45. The van der Waals surface area contributed by atoms with E-state index in [2.05, 4.69) is 10.5 Å². The third-order valence-electron chi connectivity index (χ3n) is 2.82. The molecule has 2 N–H and O–H groups in total. The molecule has 94 valence electrons. The highest BCUT2D eigenvalue weighted by Crippen LogP contribution is 2.30. The number of hydrogen-bond acceptors (Lipinski definition) is 4. The van der Waals surface area contributed by atoms with Crippen molar-refractivity contribution >= 4 is 39.7 Å². The molecule has 0 fully saturated rings. The average Bonchev–Trinajstić information content (AvgIpc) is 2.77. The summed E-state index contributed by atoms with van der Waals surface area (Å²) in [7, 11) is 0. The van der Waals surface area contributed by atoms with Crippen molar-refractivity contribution in [1.82, 2.24) is 0 Å². The van der Waals surface area contributed by atoms with E-state index in [1.165, 1.54) is 0 Å². The van der Waals surface area contributed by atoms with Crippen LogP contribution in [0.3, 0.4) is 0 Å². The van der Waals surface area contributed by atoms with Gasteiger partial charge in [0.1, 0.15) is 17.4 Å². The van der Waals surface area contributed by atoms with Crippen LogP contribution >= 0.6 is 0 Å². The molecule has 0 saturated carbocycles. The van der Waals surface area contributed by atoms with Gasteiger partial charge in [0.2, 0.25) is 0 Å². The van der Waals surface area contributed by atoms with E-state index >= 15 is 0 Å². The van der Waals surface area contributed by atoms with Gasteiger partial charge >= 0.3 is 0 Å². The summed E-state index contributed by atoms with van der Waals surface area (Å²) in [5.41, 5.74) is 2.18. The zero-order valence-corrected chi connectivity index (χ0v) is 9.83. The first-order valence-electron chi connectivity index (χ1n) is 5.67. The zero-order chi connectivity index (χ0) is 13.2. The highest BCUT2D eigenvalue weighted by molar-refractivity contribution is 6.31. The van der Waals surface area contributed by atoms with Crippen LogP contribution in [0.4, 0.5) is 5.69 Å². The smallest absolute Gasteiger partial charge is 0.270 e. The first-order chi connectivity index (χ1) is 9.28. The fraction of sp³-hybridized carbons (Fsp3) is 0. The molecular weight excluding hydrogens is 244 g/mol. The van der Waals surface area contributed by atoms with Crippen LogP contribution in [0.5, 0.6) is 0 Å². The molecule has 0 unspecified atom stereocenters. The number of rotatable bonds is 2. The summed E-state index contributed by atoms with van der Waals surface area (Å²) in [6.45, 7) is 0. The lowest BCUT2D eigenvalue weighted by atomic mass is 10.1. The van der Waals surface area contributed by atoms with E-state index in [9.17, 15) is 4.79 Å². The van der Waals surface area contributed by atoms with E-state index in [0.29, 0.717) is 5.69 Å². The quantitative estimate of drug-likeness (QED) is 0.419. The molecule has 19 heavy (non-hydrogen) atoms. The Bertz CT molecular complexity index is 790. The molecule has 5 nitrogen and oxygen atoms in total. The summed E-state index contributed by atoms with van der Waals surface area (Å²) in [6.07, 6.45) is 0.803. The zero-order valence-electron chi connectivity index (χ0n) is 9.83. The topological polar surface area (TPSA) is 74.8 Å². The number of nitrogens with one attached hydrogen (secondary N) is 1. The number of oxime groups is 1. The molecule has 1 aromatic heterocycles. The Kier molecular flexibility index (Phi) is 2.64. The third-order valence-corrected chi connectivity index (χ3v) is 2.82. The van der Waals surface area contributed by atoms with Gasteiger partial charge < -0.3 is 14.9 Å². The maximum Gasteiger partial charge on any atom is 0.270 e. The van der Waals surface area contributed by atoms with Gasteiger partial charge in [0.15, 0.2) is 0 Å². The molecule has 0 aliphatic heterocycles. The molecule has 0 aliphatic rings. The molecule has 0 spiro atoms. The Morgan fingerprint density at radius 3 is 2.79 bits per heavy atom. The Morgan fingerprint density at radius 2 is 1.95 bits per heavy atom. The Labute approximate surface area is 108 Å². The van der Waals surface area contributed by atoms with Crippen LogP contribution in [-0.2, 0) is 4.79 Å². The van der Waals surface area contributed by atoms with Gasteiger partial charge in [-0.15, -0.1) is 0 Å². The number of carbonyl (C=O) groups is 1. The summed E-state index contributed by atoms with van der Waals surface area (Å²) < 4.78 is 5.68. The van der Waals surface area contributed by atoms with Crippen molar-refractivity contribution in [2.24, 2.45) is 5.16 Å². The third kappa shape index (κ3) is 2.01. The van der Waals surface area contributed by atoms with Gasteiger partial charge in [0, 0.05) is 16.5 Å². The van der Waals surface area contributed by atoms with Crippen molar-refractivity contribution in [2.45, 2.75) is 0 Å². The normalized spacial score (nSPS) is 11.4. The monoisotopic (exact) mass is 254 g/mol. The Balaban J connectivity index is 2.09. The van der Waals surface area contributed by atoms with Crippen LogP contribution in [-0.4, -0.2) is 17.3 Å². The van der Waals surface area contributed by atoms with Gasteiger partial charge in [-0.2, -0.15) is 0 Å². The lowest BCUT2D eigenvalue weighted by molar-refractivity contribution is -0.110. The molecule has 0 atom stereocenters. The number of furan rings is 1. The number of hydrogen-bond donors (Lipinski definition) is 2. The molecular formula is C14H10N2O3. The van der Waals surface area contributed by atoms with E-state index in [4.69, 9.17) is 9.62 Å².